The normalized spacial score (nSPS) is 18.0. The predicted molar refractivity (Wildman–Crippen MR) is 84.5 cm³/mol. The average molecular weight is 329 g/mol. The van der Waals surface area contributed by atoms with Crippen molar-refractivity contribution in [1.29, 1.82) is 5.26 Å². The van der Waals surface area contributed by atoms with Crippen LogP contribution in [-0.4, -0.2) is 51.7 Å². The number of benzene rings is 1. The van der Waals surface area contributed by atoms with E-state index in [9.17, 15) is 14.4 Å². The molecule has 2 fully saturated rings. The second-order valence-electron chi connectivity index (χ2n) is 5.58. The molecule has 0 atom stereocenters. The number of hydrogen-bond acceptors (Lipinski definition) is 5. The average Bonchev–Trinajstić information content (AvgIpc) is 2.84. The number of amides is 3. The number of thioether (sulfide) groups is 1. The summed E-state index contributed by atoms with van der Waals surface area (Å²) in [6.45, 7) is 0.870. The van der Waals surface area contributed by atoms with Crippen LogP contribution in [0.3, 0.4) is 0 Å². The van der Waals surface area contributed by atoms with Gasteiger partial charge in [0.25, 0.3) is 5.24 Å². The highest BCUT2D eigenvalue weighted by Crippen LogP contribution is 2.26. The number of hydrogen-bond donors (Lipinski definition) is 0. The molecule has 0 aromatic heterocycles. The first-order chi connectivity index (χ1) is 11.1. The topological polar surface area (TPSA) is 81.5 Å². The van der Waals surface area contributed by atoms with Gasteiger partial charge >= 0.3 is 0 Å². The second-order valence-corrected chi connectivity index (χ2v) is 6.51. The molecule has 0 aliphatic carbocycles. The Kier molecular flexibility index (Phi) is 4.35. The second kappa shape index (κ2) is 6.42. The van der Waals surface area contributed by atoms with Crippen LogP contribution in [0.25, 0.3) is 0 Å². The molecule has 1 aromatic rings. The molecule has 0 N–H and O–H groups in total. The van der Waals surface area contributed by atoms with Crippen molar-refractivity contribution >= 4 is 28.8 Å². The Labute approximate surface area is 138 Å². The van der Waals surface area contributed by atoms with Crippen molar-refractivity contribution in [3.63, 3.8) is 0 Å². The van der Waals surface area contributed by atoms with Crippen LogP contribution in [-0.2, 0) is 16.0 Å². The molecule has 0 radical (unpaired) electrons. The molecule has 2 aliphatic heterocycles. The fraction of sp³-hybridized carbons (Fsp3) is 0.375. The van der Waals surface area contributed by atoms with Gasteiger partial charge in [-0.1, -0.05) is 23.9 Å². The van der Waals surface area contributed by atoms with Crippen molar-refractivity contribution in [3.8, 4) is 6.07 Å². The van der Waals surface area contributed by atoms with Crippen LogP contribution in [0.5, 0.6) is 0 Å². The first-order valence-electron chi connectivity index (χ1n) is 7.34. The Hall–Kier alpha value is -2.33. The third-order valence-corrected chi connectivity index (χ3v) is 4.91. The lowest BCUT2D eigenvalue weighted by Crippen LogP contribution is -2.62. The van der Waals surface area contributed by atoms with E-state index in [4.69, 9.17) is 5.26 Å². The van der Waals surface area contributed by atoms with Crippen molar-refractivity contribution in [3.05, 3.63) is 35.4 Å². The van der Waals surface area contributed by atoms with Gasteiger partial charge in [0, 0.05) is 19.5 Å². The molecular weight excluding hydrogens is 314 g/mol. The number of rotatable bonds is 4. The van der Waals surface area contributed by atoms with Gasteiger partial charge in [-0.15, -0.1) is 0 Å². The molecule has 0 unspecified atom stereocenters. The minimum absolute atomic E-state index is 0.0253. The van der Waals surface area contributed by atoms with Crippen molar-refractivity contribution in [2.24, 2.45) is 0 Å². The van der Waals surface area contributed by atoms with E-state index in [1.54, 1.807) is 17.0 Å². The number of imide groups is 1. The minimum Gasteiger partial charge on any atom is -0.338 e. The Morgan fingerprint density at radius 1 is 1.26 bits per heavy atom. The molecule has 7 heteroatoms. The van der Waals surface area contributed by atoms with Crippen LogP contribution in [0.2, 0.25) is 0 Å². The number of carbonyl (C=O) groups is 3. The number of nitriles is 1. The zero-order valence-electron chi connectivity index (χ0n) is 12.4. The van der Waals surface area contributed by atoms with E-state index in [2.05, 4.69) is 6.07 Å². The summed E-state index contributed by atoms with van der Waals surface area (Å²) in [7, 11) is 0. The summed E-state index contributed by atoms with van der Waals surface area (Å²) in [5.74, 6) is 0.0779. The van der Waals surface area contributed by atoms with E-state index in [1.165, 1.54) is 4.90 Å². The molecule has 2 saturated heterocycles. The van der Waals surface area contributed by atoms with Crippen molar-refractivity contribution < 1.29 is 14.4 Å². The zero-order valence-corrected chi connectivity index (χ0v) is 13.2. The van der Waals surface area contributed by atoms with Crippen LogP contribution in [0.4, 0.5) is 4.79 Å². The molecule has 2 heterocycles. The largest absolute Gasteiger partial charge is 0.338 e. The molecule has 23 heavy (non-hydrogen) atoms. The number of carbonyl (C=O) groups excluding carboxylic acids is 3. The molecule has 0 bridgehead atoms. The molecule has 6 nitrogen and oxygen atoms in total. The van der Waals surface area contributed by atoms with Crippen molar-refractivity contribution in [2.75, 3.05) is 18.8 Å². The van der Waals surface area contributed by atoms with Gasteiger partial charge in [0.2, 0.25) is 11.8 Å². The first-order valence-corrected chi connectivity index (χ1v) is 8.32. The van der Waals surface area contributed by atoms with Crippen molar-refractivity contribution in [1.82, 2.24) is 9.80 Å². The highest BCUT2D eigenvalue weighted by molar-refractivity contribution is 8.14. The van der Waals surface area contributed by atoms with E-state index in [1.807, 2.05) is 12.1 Å². The van der Waals surface area contributed by atoms with Crippen LogP contribution in [0, 0.1) is 11.3 Å². The highest BCUT2D eigenvalue weighted by atomic mass is 32.2. The molecular formula is C16H15N3O3S. The summed E-state index contributed by atoms with van der Waals surface area (Å²) in [5.41, 5.74) is 1.61. The molecule has 0 spiro atoms. The van der Waals surface area contributed by atoms with E-state index >= 15 is 0 Å². The van der Waals surface area contributed by atoms with Crippen LogP contribution in [0.1, 0.15) is 17.5 Å². The molecule has 1 aromatic carbocycles. The maximum absolute atomic E-state index is 12.1. The molecule has 2 aliphatic rings. The van der Waals surface area contributed by atoms with Gasteiger partial charge in [-0.2, -0.15) is 5.26 Å². The smallest absolute Gasteiger partial charge is 0.289 e. The van der Waals surface area contributed by atoms with Gasteiger partial charge in [-0.05, 0) is 24.1 Å². The number of nitrogens with zero attached hydrogens (tertiary/aromatic N) is 3. The first kappa shape index (κ1) is 15.6. The van der Waals surface area contributed by atoms with Gasteiger partial charge in [-0.25, -0.2) is 0 Å². The van der Waals surface area contributed by atoms with Crippen LogP contribution >= 0.6 is 11.8 Å². The highest BCUT2D eigenvalue weighted by Gasteiger charge is 2.43. The number of aryl methyl sites for hydroxylation is 1. The van der Waals surface area contributed by atoms with Gasteiger partial charge < -0.3 is 4.90 Å². The van der Waals surface area contributed by atoms with Gasteiger partial charge in [0.05, 0.1) is 23.4 Å². The monoisotopic (exact) mass is 329 g/mol. The Morgan fingerprint density at radius 3 is 2.52 bits per heavy atom. The molecule has 0 saturated carbocycles. The standard InChI is InChI=1S/C16H15N3O3S/c17-7-12-3-1-11(2-4-12)5-6-14(20)18-8-13(9-18)19-15(21)10-23-16(19)22/h1-4,13H,5-6,8-10H2. The minimum atomic E-state index is -0.204. The summed E-state index contributed by atoms with van der Waals surface area (Å²) in [6.07, 6.45) is 0.998. The molecule has 118 valence electrons. The van der Waals surface area contributed by atoms with E-state index in [0.717, 1.165) is 17.3 Å². The summed E-state index contributed by atoms with van der Waals surface area (Å²) in [6, 6.07) is 9.07. The van der Waals surface area contributed by atoms with Crippen LogP contribution in [0.15, 0.2) is 24.3 Å². The Balaban J connectivity index is 1.46. The lowest BCUT2D eigenvalue weighted by Gasteiger charge is -2.42. The van der Waals surface area contributed by atoms with Gasteiger partial charge in [-0.3, -0.25) is 19.3 Å². The fourth-order valence-electron chi connectivity index (χ4n) is 2.69. The maximum Gasteiger partial charge on any atom is 0.289 e. The van der Waals surface area contributed by atoms with E-state index < -0.39 is 0 Å². The van der Waals surface area contributed by atoms with E-state index in [-0.39, 0.29) is 28.8 Å². The Bertz CT molecular complexity index is 674. The summed E-state index contributed by atoms with van der Waals surface area (Å²) in [5, 5.41) is 8.54. The predicted octanol–water partition coefficient (Wildman–Crippen LogP) is 1.40. The lowest BCUT2D eigenvalue weighted by molar-refractivity contribution is -0.142. The van der Waals surface area contributed by atoms with E-state index in [0.29, 0.717) is 31.5 Å². The third-order valence-electron chi connectivity index (χ3n) is 4.08. The Morgan fingerprint density at radius 2 is 1.96 bits per heavy atom. The third kappa shape index (κ3) is 3.22. The number of likely N-dealkylation sites (tertiary alicyclic amines) is 1. The summed E-state index contributed by atoms with van der Waals surface area (Å²) in [4.78, 5) is 38.3. The zero-order chi connectivity index (χ0) is 16.4. The quantitative estimate of drug-likeness (QED) is 0.834. The summed E-state index contributed by atoms with van der Waals surface area (Å²) < 4.78 is 0. The van der Waals surface area contributed by atoms with Gasteiger partial charge in [0.1, 0.15) is 0 Å². The fourth-order valence-corrected chi connectivity index (χ4v) is 3.47. The molecule has 3 rings (SSSR count). The van der Waals surface area contributed by atoms with Crippen LogP contribution < -0.4 is 0 Å². The maximum atomic E-state index is 12.1. The van der Waals surface area contributed by atoms with Gasteiger partial charge in [0.15, 0.2) is 0 Å². The summed E-state index contributed by atoms with van der Waals surface area (Å²) >= 11 is 1.02. The van der Waals surface area contributed by atoms with Crippen molar-refractivity contribution in [2.45, 2.75) is 18.9 Å². The molecule has 3 amide bonds. The SMILES string of the molecule is N#Cc1ccc(CCC(=O)N2CC(N3C(=O)CSC3=O)C2)cc1. The lowest BCUT2D eigenvalue weighted by atomic mass is 10.0.